The maximum absolute atomic E-state index is 5.80. The van der Waals surface area contributed by atoms with E-state index in [0.717, 1.165) is 38.6 Å². The fourth-order valence-corrected chi connectivity index (χ4v) is 2.97. The molecule has 2 saturated heterocycles. The minimum atomic E-state index is 0.0663. The largest absolute Gasteiger partial charge is 0.353 e. The highest BCUT2D eigenvalue weighted by Gasteiger charge is 2.20. The molecule has 4 nitrogen and oxygen atoms in total. The second kappa shape index (κ2) is 8.10. The number of piperidine rings is 1. The highest BCUT2D eigenvalue weighted by molar-refractivity contribution is 4.74. The van der Waals surface area contributed by atoms with Gasteiger partial charge >= 0.3 is 0 Å². The van der Waals surface area contributed by atoms with Crippen molar-refractivity contribution in [2.45, 2.75) is 38.4 Å². The van der Waals surface area contributed by atoms with Gasteiger partial charge in [-0.1, -0.05) is 0 Å². The normalized spacial score (nSPS) is 30.5. The summed E-state index contributed by atoms with van der Waals surface area (Å²) in [5.74, 6) is 0.815. The fraction of sp³-hybridized carbons (Fsp3) is 1.00. The van der Waals surface area contributed by atoms with Crippen LogP contribution < -0.4 is 5.32 Å². The zero-order chi connectivity index (χ0) is 12.6. The van der Waals surface area contributed by atoms with Crippen LogP contribution in [0.15, 0.2) is 0 Å². The van der Waals surface area contributed by atoms with E-state index in [2.05, 4.69) is 10.2 Å². The van der Waals surface area contributed by atoms with E-state index in [9.17, 15) is 0 Å². The van der Waals surface area contributed by atoms with Crippen LogP contribution >= 0.6 is 0 Å². The summed E-state index contributed by atoms with van der Waals surface area (Å²) in [5, 5.41) is 3.29. The first-order valence-electron chi connectivity index (χ1n) is 7.48. The minimum absolute atomic E-state index is 0.0663. The fourth-order valence-electron chi connectivity index (χ4n) is 2.97. The van der Waals surface area contributed by atoms with Crippen LogP contribution in [0.3, 0.4) is 0 Å². The Bertz CT molecular complexity index is 218. The van der Waals surface area contributed by atoms with Crippen LogP contribution in [0.1, 0.15) is 32.1 Å². The van der Waals surface area contributed by atoms with E-state index < -0.39 is 0 Å². The van der Waals surface area contributed by atoms with E-state index >= 15 is 0 Å². The SMILES string of the molecule is CNCC1CCCN(CCOC2CCCCO2)C1. The highest BCUT2D eigenvalue weighted by Crippen LogP contribution is 2.16. The molecule has 18 heavy (non-hydrogen) atoms. The molecule has 2 heterocycles. The first-order chi connectivity index (χ1) is 8.88. The summed E-state index contributed by atoms with van der Waals surface area (Å²) in [6.07, 6.45) is 6.27. The molecule has 1 N–H and O–H groups in total. The number of nitrogens with zero attached hydrogens (tertiary/aromatic N) is 1. The first kappa shape index (κ1) is 14.3. The Morgan fingerprint density at radius 2 is 2.22 bits per heavy atom. The van der Waals surface area contributed by atoms with Gasteiger partial charge in [0.05, 0.1) is 6.61 Å². The third kappa shape index (κ3) is 4.84. The van der Waals surface area contributed by atoms with Gasteiger partial charge in [-0.2, -0.15) is 0 Å². The molecule has 2 rings (SSSR count). The van der Waals surface area contributed by atoms with Crippen LogP contribution in [-0.4, -0.2) is 57.6 Å². The number of hydrogen-bond acceptors (Lipinski definition) is 4. The lowest BCUT2D eigenvalue weighted by Crippen LogP contribution is -2.41. The van der Waals surface area contributed by atoms with Crippen molar-refractivity contribution in [3.05, 3.63) is 0 Å². The van der Waals surface area contributed by atoms with Crippen molar-refractivity contribution < 1.29 is 9.47 Å². The summed E-state index contributed by atoms with van der Waals surface area (Å²) in [4.78, 5) is 2.54. The van der Waals surface area contributed by atoms with E-state index in [1.54, 1.807) is 0 Å². The Balaban J connectivity index is 1.57. The second-order valence-corrected chi connectivity index (χ2v) is 5.53. The summed E-state index contributed by atoms with van der Waals surface area (Å²) in [7, 11) is 2.04. The molecule has 2 atom stereocenters. The Kier molecular flexibility index (Phi) is 6.41. The molecular formula is C14H28N2O2. The van der Waals surface area contributed by atoms with Gasteiger partial charge in [0.1, 0.15) is 0 Å². The lowest BCUT2D eigenvalue weighted by atomic mass is 9.98. The molecule has 2 aliphatic heterocycles. The summed E-state index contributed by atoms with van der Waals surface area (Å²) in [6, 6.07) is 0. The molecule has 106 valence electrons. The van der Waals surface area contributed by atoms with Crippen LogP contribution in [0, 0.1) is 5.92 Å². The van der Waals surface area contributed by atoms with E-state index in [-0.39, 0.29) is 6.29 Å². The average Bonchev–Trinajstić information content (AvgIpc) is 2.41. The van der Waals surface area contributed by atoms with E-state index in [4.69, 9.17) is 9.47 Å². The second-order valence-electron chi connectivity index (χ2n) is 5.53. The van der Waals surface area contributed by atoms with Gasteiger partial charge in [0.15, 0.2) is 6.29 Å². The lowest BCUT2D eigenvalue weighted by molar-refractivity contribution is -0.164. The van der Waals surface area contributed by atoms with E-state index in [0.29, 0.717) is 0 Å². The molecule has 4 heteroatoms. The molecule has 0 saturated carbocycles. The van der Waals surface area contributed by atoms with Gasteiger partial charge in [0.2, 0.25) is 0 Å². The van der Waals surface area contributed by atoms with Gasteiger partial charge in [-0.05, 0) is 58.2 Å². The van der Waals surface area contributed by atoms with Crippen LogP contribution in [0.2, 0.25) is 0 Å². The number of ether oxygens (including phenoxy) is 2. The molecule has 0 aromatic rings. The molecule has 2 unspecified atom stereocenters. The van der Waals surface area contributed by atoms with Gasteiger partial charge in [0.25, 0.3) is 0 Å². The van der Waals surface area contributed by atoms with Crippen molar-refractivity contribution >= 4 is 0 Å². The number of nitrogens with one attached hydrogen (secondary N) is 1. The van der Waals surface area contributed by atoms with Crippen LogP contribution in [0.4, 0.5) is 0 Å². The zero-order valence-corrected chi connectivity index (χ0v) is 11.7. The van der Waals surface area contributed by atoms with Gasteiger partial charge < -0.3 is 19.7 Å². The standard InChI is InChI=1S/C14H28N2O2/c1-15-11-13-5-4-7-16(12-13)8-10-18-14-6-2-3-9-17-14/h13-15H,2-12H2,1H3. The van der Waals surface area contributed by atoms with Crippen LogP contribution in [0.5, 0.6) is 0 Å². The van der Waals surface area contributed by atoms with Gasteiger partial charge in [-0.25, -0.2) is 0 Å². The predicted octanol–water partition coefficient (Wildman–Crippen LogP) is 1.46. The van der Waals surface area contributed by atoms with Crippen molar-refractivity contribution in [2.75, 3.05) is 46.4 Å². The molecule has 2 fully saturated rings. The van der Waals surface area contributed by atoms with Crippen molar-refractivity contribution in [3.63, 3.8) is 0 Å². The molecule has 0 aromatic heterocycles. The molecule has 0 bridgehead atoms. The Hall–Kier alpha value is -0.160. The number of rotatable bonds is 6. The van der Waals surface area contributed by atoms with Crippen molar-refractivity contribution in [3.8, 4) is 0 Å². The molecule has 0 radical (unpaired) electrons. The Morgan fingerprint density at radius 3 is 3.00 bits per heavy atom. The monoisotopic (exact) mass is 256 g/mol. The summed E-state index contributed by atoms with van der Waals surface area (Å²) in [5.41, 5.74) is 0. The first-order valence-corrected chi connectivity index (χ1v) is 7.48. The minimum Gasteiger partial charge on any atom is -0.353 e. The topological polar surface area (TPSA) is 33.7 Å². The van der Waals surface area contributed by atoms with Crippen LogP contribution in [-0.2, 0) is 9.47 Å². The lowest BCUT2D eigenvalue weighted by Gasteiger charge is -2.33. The quantitative estimate of drug-likeness (QED) is 0.780. The number of likely N-dealkylation sites (tertiary alicyclic amines) is 1. The third-order valence-corrected chi connectivity index (χ3v) is 3.95. The smallest absolute Gasteiger partial charge is 0.157 e. The van der Waals surface area contributed by atoms with E-state index in [1.165, 1.54) is 38.8 Å². The average molecular weight is 256 g/mol. The summed E-state index contributed by atoms with van der Waals surface area (Å²) < 4.78 is 11.4. The van der Waals surface area contributed by atoms with Crippen molar-refractivity contribution in [2.24, 2.45) is 5.92 Å². The maximum atomic E-state index is 5.80. The third-order valence-electron chi connectivity index (χ3n) is 3.95. The van der Waals surface area contributed by atoms with Crippen molar-refractivity contribution in [1.82, 2.24) is 10.2 Å². The molecule has 0 amide bonds. The van der Waals surface area contributed by atoms with Gasteiger partial charge in [0, 0.05) is 19.7 Å². The van der Waals surface area contributed by atoms with Crippen molar-refractivity contribution in [1.29, 1.82) is 0 Å². The molecule has 0 aliphatic carbocycles. The molecule has 2 aliphatic rings. The predicted molar refractivity (Wildman–Crippen MR) is 72.6 cm³/mol. The molecule has 0 spiro atoms. The Labute approximate surface area is 111 Å². The van der Waals surface area contributed by atoms with E-state index in [1.807, 2.05) is 7.05 Å². The summed E-state index contributed by atoms with van der Waals surface area (Å²) in [6.45, 7) is 6.34. The van der Waals surface area contributed by atoms with Gasteiger partial charge in [-0.15, -0.1) is 0 Å². The van der Waals surface area contributed by atoms with Crippen LogP contribution in [0.25, 0.3) is 0 Å². The maximum Gasteiger partial charge on any atom is 0.157 e. The molecule has 0 aromatic carbocycles. The Morgan fingerprint density at radius 1 is 1.28 bits per heavy atom. The highest BCUT2D eigenvalue weighted by atomic mass is 16.7. The number of hydrogen-bond donors (Lipinski definition) is 1. The zero-order valence-electron chi connectivity index (χ0n) is 11.7. The van der Waals surface area contributed by atoms with Gasteiger partial charge in [-0.3, -0.25) is 0 Å². The molecular weight excluding hydrogens is 228 g/mol. The summed E-state index contributed by atoms with van der Waals surface area (Å²) >= 11 is 0.